The van der Waals surface area contributed by atoms with Crippen molar-refractivity contribution in [1.29, 1.82) is 0 Å². The minimum Gasteiger partial charge on any atom is -0.457 e. The molecule has 0 N–H and O–H groups in total. The van der Waals surface area contributed by atoms with Gasteiger partial charge < -0.3 is 9.30 Å². The predicted octanol–water partition coefficient (Wildman–Crippen LogP) is 12.1. The van der Waals surface area contributed by atoms with Gasteiger partial charge in [-0.25, -0.2) is 0 Å². The maximum atomic E-state index is 10.3. The van der Waals surface area contributed by atoms with Crippen molar-refractivity contribution in [3.8, 4) is 39.4 Å². The molecule has 0 atom stereocenters. The van der Waals surface area contributed by atoms with Crippen molar-refractivity contribution in [3.63, 3.8) is 0 Å². The van der Waals surface area contributed by atoms with E-state index in [1.54, 1.807) is 0 Å². The Bertz CT molecular complexity index is 3160. The molecule has 1 aliphatic heterocycles. The summed E-state index contributed by atoms with van der Waals surface area (Å²) in [6, 6.07) is 41.9. The Balaban J connectivity index is 1.33. The normalized spacial score (nSPS) is 15.6. The van der Waals surface area contributed by atoms with Crippen molar-refractivity contribution >= 4 is 32.6 Å². The van der Waals surface area contributed by atoms with E-state index in [0.29, 0.717) is 5.56 Å². The molecule has 1 spiro atoms. The van der Waals surface area contributed by atoms with Crippen molar-refractivity contribution in [2.24, 2.45) is 0 Å². The highest BCUT2D eigenvalue weighted by Gasteiger charge is 2.51. The Hall–Kier alpha value is -6.38. The maximum Gasteiger partial charge on any atom is 0.132 e. The first kappa shape index (κ1) is 20.8. The van der Waals surface area contributed by atoms with Crippen LogP contribution in [0.5, 0.6) is 11.5 Å². The minimum absolute atomic E-state index is 0.0422. The second-order valence-corrected chi connectivity index (χ2v) is 12.7. The smallest absolute Gasteiger partial charge is 0.132 e. The van der Waals surface area contributed by atoms with Crippen LogP contribution >= 0.6 is 0 Å². The number of nitrogens with zero attached hydrogens (tertiary/aromatic N) is 1. The third kappa shape index (κ3) is 3.45. The fraction of sp³-hybridized carbons (Fsp3) is 0.0213. The molecule has 0 bridgehead atoms. The molecule has 0 saturated heterocycles. The first-order chi connectivity index (χ1) is 27.2. The minimum atomic E-state index is -1.47. The van der Waals surface area contributed by atoms with E-state index in [1.807, 2.05) is 91.0 Å². The van der Waals surface area contributed by atoms with Crippen molar-refractivity contribution in [2.75, 3.05) is 0 Å². The van der Waals surface area contributed by atoms with Crippen LogP contribution in [0.25, 0.3) is 60.5 Å². The lowest BCUT2D eigenvalue weighted by atomic mass is 9.65. The Morgan fingerprint density at radius 2 is 1.20 bits per heavy atom. The first-order valence-electron chi connectivity index (χ1n) is 19.9. The zero-order valence-electron chi connectivity index (χ0n) is 33.1. The Morgan fingerprint density at radius 1 is 0.510 bits per heavy atom. The Morgan fingerprint density at radius 3 is 2.04 bits per heavy atom. The van der Waals surface area contributed by atoms with Crippen LogP contribution in [0, 0.1) is 0 Å². The van der Waals surface area contributed by atoms with Crippen molar-refractivity contribution in [2.45, 2.75) is 5.41 Å². The third-order valence-electron chi connectivity index (χ3n) is 10.3. The number of hydrogen-bond acceptors (Lipinski definition) is 1. The number of benzene rings is 8. The van der Waals surface area contributed by atoms with E-state index < -0.39 is 17.5 Å². The number of para-hydroxylation sites is 2. The van der Waals surface area contributed by atoms with Crippen LogP contribution in [-0.2, 0) is 5.41 Å². The van der Waals surface area contributed by atoms with E-state index in [-0.39, 0.29) is 58.4 Å². The van der Waals surface area contributed by atoms with Gasteiger partial charge in [-0.15, -0.1) is 0 Å². The average Bonchev–Trinajstić information content (AvgIpc) is 3.73. The molecule has 0 radical (unpaired) electrons. The topological polar surface area (TPSA) is 14.2 Å². The molecule has 2 heteroatoms. The highest BCUT2D eigenvalue weighted by atomic mass is 16.5. The van der Waals surface area contributed by atoms with Crippen LogP contribution in [0.1, 0.15) is 31.8 Å². The molecular weight excluding hydrogens is 595 g/mol. The van der Waals surface area contributed by atoms with E-state index in [9.17, 15) is 5.48 Å². The molecule has 0 fully saturated rings. The SMILES string of the molecule is [2H]c1c([2H])c([2H])c2c(c1[2H])Oc1c([2H])c([2H])c(-c3cccc4c3c3ccc5ccccc5c3n4-c3ccccc3)c([2H])c1C21c2ccccc2-c2ccccc21. The Labute approximate surface area is 293 Å². The predicted molar refractivity (Wildman–Crippen MR) is 201 cm³/mol. The zero-order chi connectivity index (χ0) is 38.2. The Kier molecular flexibility index (Phi) is 4.16. The van der Waals surface area contributed by atoms with Gasteiger partial charge in [0.25, 0.3) is 0 Å². The molecule has 1 aromatic heterocycles. The van der Waals surface area contributed by atoms with Gasteiger partial charge in [0.05, 0.1) is 26.0 Å². The fourth-order valence-corrected chi connectivity index (χ4v) is 8.39. The fourth-order valence-electron chi connectivity index (χ4n) is 8.39. The molecule has 2 heterocycles. The lowest BCUT2D eigenvalue weighted by molar-refractivity contribution is 0.436. The second-order valence-electron chi connectivity index (χ2n) is 12.7. The molecule has 0 unspecified atom stereocenters. The summed E-state index contributed by atoms with van der Waals surface area (Å²) in [5.41, 5.74) is 5.84. The number of ether oxygens (including phenoxy) is 1. The number of fused-ring (bicyclic) bond motifs is 14. The molecule has 2 aliphatic rings. The lowest BCUT2D eigenvalue weighted by Crippen LogP contribution is -2.32. The molecule has 9 aromatic rings. The summed E-state index contributed by atoms with van der Waals surface area (Å²) in [6.07, 6.45) is 0. The van der Waals surface area contributed by atoms with Crippen LogP contribution in [0.15, 0.2) is 176 Å². The van der Waals surface area contributed by atoms with Gasteiger partial charge in [-0.2, -0.15) is 0 Å². The summed E-state index contributed by atoms with van der Waals surface area (Å²) in [6.45, 7) is 0. The summed E-state index contributed by atoms with van der Waals surface area (Å²) in [7, 11) is 0. The van der Waals surface area contributed by atoms with Gasteiger partial charge in [0.1, 0.15) is 11.5 Å². The zero-order valence-corrected chi connectivity index (χ0v) is 26.1. The molecule has 1 aliphatic carbocycles. The van der Waals surface area contributed by atoms with Gasteiger partial charge in [0.2, 0.25) is 0 Å². The van der Waals surface area contributed by atoms with E-state index in [1.165, 1.54) is 0 Å². The molecular formula is C47H29NO. The summed E-state index contributed by atoms with van der Waals surface area (Å²) < 4.78 is 74.3. The monoisotopic (exact) mass is 630 g/mol. The highest BCUT2D eigenvalue weighted by molar-refractivity contribution is 6.22. The second kappa shape index (κ2) is 9.82. The van der Waals surface area contributed by atoms with Crippen molar-refractivity contribution in [3.05, 3.63) is 198 Å². The van der Waals surface area contributed by atoms with Crippen molar-refractivity contribution < 1.29 is 14.3 Å². The van der Waals surface area contributed by atoms with Gasteiger partial charge in [-0.3, -0.25) is 0 Å². The van der Waals surface area contributed by atoms with E-state index in [0.717, 1.165) is 60.5 Å². The quantitative estimate of drug-likeness (QED) is 0.185. The summed E-state index contributed by atoms with van der Waals surface area (Å²) in [5, 5.41) is 3.89. The van der Waals surface area contributed by atoms with Gasteiger partial charge in [-0.1, -0.05) is 139 Å². The summed E-state index contributed by atoms with van der Waals surface area (Å²) in [5.74, 6) is -0.160. The number of rotatable bonds is 2. The van der Waals surface area contributed by atoms with Gasteiger partial charge in [-0.05, 0) is 75.1 Å². The maximum absolute atomic E-state index is 10.3. The van der Waals surface area contributed by atoms with E-state index in [4.69, 9.17) is 8.85 Å². The van der Waals surface area contributed by atoms with Crippen LogP contribution < -0.4 is 4.74 Å². The van der Waals surface area contributed by atoms with Crippen LogP contribution in [-0.4, -0.2) is 4.57 Å². The van der Waals surface area contributed by atoms with Crippen LogP contribution in [0.4, 0.5) is 0 Å². The van der Waals surface area contributed by atoms with Crippen molar-refractivity contribution in [1.82, 2.24) is 4.57 Å². The molecule has 0 amide bonds. The highest BCUT2D eigenvalue weighted by Crippen LogP contribution is 2.62. The molecule has 228 valence electrons. The van der Waals surface area contributed by atoms with Gasteiger partial charge in [0.15, 0.2) is 0 Å². The third-order valence-corrected chi connectivity index (χ3v) is 10.3. The number of aromatic nitrogens is 1. The molecule has 8 aromatic carbocycles. The van der Waals surface area contributed by atoms with Crippen LogP contribution in [0.3, 0.4) is 0 Å². The summed E-state index contributed by atoms with van der Waals surface area (Å²) in [4.78, 5) is 0. The van der Waals surface area contributed by atoms with E-state index in [2.05, 4.69) is 47.0 Å². The van der Waals surface area contributed by atoms with E-state index >= 15 is 0 Å². The number of hydrogen-bond donors (Lipinski definition) is 0. The largest absolute Gasteiger partial charge is 0.457 e. The molecule has 0 saturated carbocycles. The molecule has 2 nitrogen and oxygen atoms in total. The average molecular weight is 631 g/mol. The molecule has 49 heavy (non-hydrogen) atoms. The van der Waals surface area contributed by atoms with Crippen LogP contribution in [0.2, 0.25) is 0 Å². The summed E-state index contributed by atoms with van der Waals surface area (Å²) >= 11 is 0. The van der Waals surface area contributed by atoms with Gasteiger partial charge >= 0.3 is 0 Å². The van der Waals surface area contributed by atoms with Gasteiger partial charge in [0, 0.05) is 33.0 Å². The lowest BCUT2D eigenvalue weighted by Gasteiger charge is -2.39. The molecule has 11 rings (SSSR count). The first-order valence-corrected chi connectivity index (χ1v) is 16.4. The standard InChI is InChI=1S/C47H29NO/c1-2-14-32(15-3-1)48-42-23-12-19-33(45(42)37-27-25-30-13-4-5-16-34(30)46(37)48)31-26-28-44-41(29-31)47(40-22-10-11-24-43(40)49-44)38-20-8-6-17-35(38)36-18-7-9-21-39(36)47/h1-29H/i10D,11D,22D,24D,26D,28D,29D.